The van der Waals surface area contributed by atoms with Gasteiger partial charge in [-0.15, -0.1) is 0 Å². The summed E-state index contributed by atoms with van der Waals surface area (Å²) in [4.78, 5) is 2.41. The summed E-state index contributed by atoms with van der Waals surface area (Å²) < 4.78 is 0. The fraction of sp³-hybridized carbons (Fsp3) is 0.0566. The van der Waals surface area contributed by atoms with Crippen molar-refractivity contribution >= 4 is 38.6 Å². The van der Waals surface area contributed by atoms with Crippen LogP contribution < -0.4 is 4.90 Å². The molecule has 0 saturated carbocycles. The van der Waals surface area contributed by atoms with Crippen molar-refractivity contribution in [2.45, 2.75) is 19.3 Å². The maximum Gasteiger partial charge on any atom is 0.0465 e. The van der Waals surface area contributed by atoms with Gasteiger partial charge in [0, 0.05) is 22.5 Å². The average molecular weight is 690 g/mol. The molecule has 1 aliphatic rings. The molecule has 0 unspecified atom stereocenters. The molecule has 9 aromatic carbocycles. The molecule has 0 atom stereocenters. The summed E-state index contributed by atoms with van der Waals surface area (Å²) >= 11 is 0. The van der Waals surface area contributed by atoms with E-state index in [1.54, 1.807) is 0 Å². The Bertz CT molecular complexity index is 2820. The quantitative estimate of drug-likeness (QED) is 0.168. The zero-order valence-electron chi connectivity index (χ0n) is 30.5. The molecule has 10 rings (SSSR count). The summed E-state index contributed by atoms with van der Waals surface area (Å²) in [6, 6.07) is 73.3. The van der Waals surface area contributed by atoms with E-state index in [9.17, 15) is 0 Å². The van der Waals surface area contributed by atoms with Crippen molar-refractivity contribution in [2.24, 2.45) is 0 Å². The van der Waals surface area contributed by atoms with Crippen LogP contribution in [0.4, 0.5) is 17.1 Å². The van der Waals surface area contributed by atoms with Crippen LogP contribution in [0.1, 0.15) is 25.0 Å². The minimum atomic E-state index is -0.0946. The standard InChI is InChI=1S/C53H39N/c1-53(2)51-22-11-10-20-49(51)50-32-31-42(35-52(50)53)54(40-27-23-38(24-28-40)44-21-12-16-37-15-6-7-17-43(37)44)41-29-25-39(26-30-41)46-34-33-45(36-13-4-3-5-14-36)47-18-8-9-19-48(46)47/h3-35H,1-2H3. The van der Waals surface area contributed by atoms with Gasteiger partial charge in [-0.2, -0.15) is 0 Å². The van der Waals surface area contributed by atoms with Gasteiger partial charge in [-0.25, -0.2) is 0 Å². The molecule has 0 aliphatic heterocycles. The monoisotopic (exact) mass is 689 g/mol. The third-order valence-corrected chi connectivity index (χ3v) is 11.5. The topological polar surface area (TPSA) is 3.24 Å². The fourth-order valence-corrected chi connectivity index (χ4v) is 8.76. The molecule has 0 bridgehead atoms. The van der Waals surface area contributed by atoms with Gasteiger partial charge in [0.25, 0.3) is 0 Å². The highest BCUT2D eigenvalue weighted by Gasteiger charge is 2.35. The highest BCUT2D eigenvalue weighted by atomic mass is 15.1. The molecule has 0 N–H and O–H groups in total. The normalized spacial score (nSPS) is 12.8. The number of nitrogens with zero attached hydrogens (tertiary/aromatic N) is 1. The van der Waals surface area contributed by atoms with Crippen LogP contribution >= 0.6 is 0 Å². The zero-order valence-corrected chi connectivity index (χ0v) is 30.5. The van der Waals surface area contributed by atoms with E-state index in [0.29, 0.717) is 0 Å². The van der Waals surface area contributed by atoms with Gasteiger partial charge in [0.2, 0.25) is 0 Å². The molecule has 1 heteroatoms. The summed E-state index contributed by atoms with van der Waals surface area (Å²) in [5, 5.41) is 5.04. The maximum absolute atomic E-state index is 2.41. The molecule has 54 heavy (non-hydrogen) atoms. The van der Waals surface area contributed by atoms with E-state index in [0.717, 1.165) is 17.1 Å². The number of benzene rings is 9. The van der Waals surface area contributed by atoms with Crippen LogP contribution in [-0.4, -0.2) is 0 Å². The Morgan fingerprint density at radius 1 is 0.315 bits per heavy atom. The van der Waals surface area contributed by atoms with Crippen molar-refractivity contribution in [2.75, 3.05) is 4.90 Å². The van der Waals surface area contributed by atoms with E-state index in [1.807, 2.05) is 0 Å². The van der Waals surface area contributed by atoms with Crippen LogP contribution in [0.15, 0.2) is 200 Å². The highest BCUT2D eigenvalue weighted by Crippen LogP contribution is 2.51. The van der Waals surface area contributed by atoms with Crippen LogP contribution in [0, 0.1) is 0 Å². The molecule has 0 amide bonds. The first kappa shape index (κ1) is 32.0. The molecule has 256 valence electrons. The Morgan fingerprint density at radius 3 is 1.43 bits per heavy atom. The van der Waals surface area contributed by atoms with E-state index >= 15 is 0 Å². The van der Waals surface area contributed by atoms with Gasteiger partial charge in [0.05, 0.1) is 0 Å². The van der Waals surface area contributed by atoms with Gasteiger partial charge in [0.1, 0.15) is 0 Å². The Kier molecular flexibility index (Phi) is 7.56. The summed E-state index contributed by atoms with van der Waals surface area (Å²) in [5.41, 5.74) is 16.1. The van der Waals surface area contributed by atoms with Gasteiger partial charge < -0.3 is 4.90 Å². The molecule has 1 nitrogen and oxygen atoms in total. The Hall–Kier alpha value is -6.70. The average Bonchev–Trinajstić information content (AvgIpc) is 3.46. The lowest BCUT2D eigenvalue weighted by Gasteiger charge is -2.28. The van der Waals surface area contributed by atoms with Crippen LogP contribution in [0.2, 0.25) is 0 Å². The Morgan fingerprint density at radius 2 is 0.759 bits per heavy atom. The van der Waals surface area contributed by atoms with E-state index in [-0.39, 0.29) is 5.41 Å². The predicted molar refractivity (Wildman–Crippen MR) is 230 cm³/mol. The Labute approximate surface area is 317 Å². The first-order valence-electron chi connectivity index (χ1n) is 18.8. The molecule has 0 radical (unpaired) electrons. The molecule has 9 aromatic rings. The van der Waals surface area contributed by atoms with Crippen LogP contribution in [0.5, 0.6) is 0 Å². The van der Waals surface area contributed by atoms with Crippen molar-refractivity contribution in [3.8, 4) is 44.5 Å². The van der Waals surface area contributed by atoms with E-state index in [2.05, 4.69) is 219 Å². The van der Waals surface area contributed by atoms with Gasteiger partial charge in [-0.1, -0.05) is 178 Å². The summed E-state index contributed by atoms with van der Waals surface area (Å²) in [7, 11) is 0. The molecule has 0 fully saturated rings. The van der Waals surface area contributed by atoms with Crippen LogP contribution in [0.25, 0.3) is 66.1 Å². The van der Waals surface area contributed by atoms with E-state index in [4.69, 9.17) is 0 Å². The van der Waals surface area contributed by atoms with Crippen LogP contribution in [-0.2, 0) is 5.41 Å². The zero-order chi connectivity index (χ0) is 36.2. The van der Waals surface area contributed by atoms with Gasteiger partial charge in [-0.05, 0) is 114 Å². The molecule has 1 aliphatic carbocycles. The minimum absolute atomic E-state index is 0.0946. The largest absolute Gasteiger partial charge is 0.310 e. The lowest BCUT2D eigenvalue weighted by molar-refractivity contribution is 0.660. The second-order valence-electron chi connectivity index (χ2n) is 14.9. The second-order valence-corrected chi connectivity index (χ2v) is 14.9. The van der Waals surface area contributed by atoms with Gasteiger partial charge in [-0.3, -0.25) is 0 Å². The SMILES string of the molecule is CC1(C)c2ccccc2-c2ccc(N(c3ccc(-c4cccc5ccccc45)cc3)c3ccc(-c4ccc(-c5ccccc5)c5ccccc45)cc3)cc21. The Balaban J connectivity index is 1.08. The molecule has 0 saturated heterocycles. The van der Waals surface area contributed by atoms with Gasteiger partial charge in [0.15, 0.2) is 0 Å². The fourth-order valence-electron chi connectivity index (χ4n) is 8.76. The third-order valence-electron chi connectivity index (χ3n) is 11.5. The maximum atomic E-state index is 2.41. The van der Waals surface area contributed by atoms with Crippen molar-refractivity contribution in [3.63, 3.8) is 0 Å². The van der Waals surface area contributed by atoms with Crippen molar-refractivity contribution in [1.82, 2.24) is 0 Å². The number of anilines is 3. The summed E-state index contributed by atoms with van der Waals surface area (Å²) in [6.45, 7) is 4.71. The highest BCUT2D eigenvalue weighted by molar-refractivity contribution is 6.05. The number of hydrogen-bond acceptors (Lipinski definition) is 1. The van der Waals surface area contributed by atoms with E-state index in [1.165, 1.54) is 77.2 Å². The van der Waals surface area contributed by atoms with Crippen molar-refractivity contribution in [3.05, 3.63) is 211 Å². The lowest BCUT2D eigenvalue weighted by Crippen LogP contribution is -2.16. The number of fused-ring (bicyclic) bond motifs is 5. The third kappa shape index (κ3) is 5.24. The first-order valence-corrected chi connectivity index (χ1v) is 18.8. The lowest BCUT2D eigenvalue weighted by atomic mass is 9.82. The predicted octanol–water partition coefficient (Wildman–Crippen LogP) is 14.8. The molecular weight excluding hydrogens is 651 g/mol. The van der Waals surface area contributed by atoms with Crippen molar-refractivity contribution < 1.29 is 0 Å². The molecular formula is C53H39N. The van der Waals surface area contributed by atoms with Crippen molar-refractivity contribution in [1.29, 1.82) is 0 Å². The number of hydrogen-bond donors (Lipinski definition) is 0. The van der Waals surface area contributed by atoms with Gasteiger partial charge >= 0.3 is 0 Å². The van der Waals surface area contributed by atoms with Crippen LogP contribution in [0.3, 0.4) is 0 Å². The smallest absolute Gasteiger partial charge is 0.0465 e. The van der Waals surface area contributed by atoms with E-state index < -0.39 is 0 Å². The molecule has 0 heterocycles. The first-order chi connectivity index (χ1) is 26.5. The second kappa shape index (κ2) is 12.8. The number of rotatable bonds is 6. The molecule has 0 spiro atoms. The minimum Gasteiger partial charge on any atom is -0.310 e. The summed E-state index contributed by atoms with van der Waals surface area (Å²) in [6.07, 6.45) is 0. The molecule has 0 aromatic heterocycles. The summed E-state index contributed by atoms with van der Waals surface area (Å²) in [5.74, 6) is 0.